The van der Waals surface area contributed by atoms with Gasteiger partial charge in [0.25, 0.3) is 11.1 Å². The van der Waals surface area contributed by atoms with Gasteiger partial charge in [-0.3, -0.25) is 19.3 Å². The first-order chi connectivity index (χ1) is 11.5. The molecule has 0 aliphatic carbocycles. The van der Waals surface area contributed by atoms with Crippen molar-refractivity contribution in [3.05, 3.63) is 41.1 Å². The number of halogens is 1. The van der Waals surface area contributed by atoms with Crippen LogP contribution in [0, 0.1) is 11.3 Å². The number of nitriles is 1. The third kappa shape index (κ3) is 4.75. The number of benzene rings is 1. The van der Waals surface area contributed by atoms with E-state index in [1.165, 1.54) is 6.20 Å². The van der Waals surface area contributed by atoms with Crippen LogP contribution < -0.4 is 10.6 Å². The lowest BCUT2D eigenvalue weighted by molar-refractivity contribution is -0.124. The third-order valence-electron chi connectivity index (χ3n) is 3.01. The van der Waals surface area contributed by atoms with E-state index in [1.54, 1.807) is 30.3 Å². The molecule has 1 heterocycles. The average molecular weight is 365 g/mol. The lowest BCUT2D eigenvalue weighted by Crippen LogP contribution is -2.34. The van der Waals surface area contributed by atoms with Crippen molar-refractivity contribution >= 4 is 46.1 Å². The number of carbonyl (C=O) groups is 3. The lowest BCUT2D eigenvalue weighted by atomic mass is 10.2. The second-order valence-electron chi connectivity index (χ2n) is 4.69. The number of carbonyl (C=O) groups excluding carboxylic acids is 3. The van der Waals surface area contributed by atoms with Crippen LogP contribution in [0.25, 0.3) is 0 Å². The molecular weight excluding hydrogens is 352 g/mol. The fraction of sp³-hybridized carbons (Fsp3) is 0.200. The van der Waals surface area contributed by atoms with Crippen LogP contribution in [0.15, 0.2) is 36.0 Å². The summed E-state index contributed by atoms with van der Waals surface area (Å²) < 4.78 is 0. The van der Waals surface area contributed by atoms with Crippen molar-refractivity contribution in [2.24, 2.45) is 0 Å². The highest BCUT2D eigenvalue weighted by molar-refractivity contribution is 8.14. The summed E-state index contributed by atoms with van der Waals surface area (Å²) in [6, 6.07) is 8.33. The summed E-state index contributed by atoms with van der Waals surface area (Å²) in [4.78, 5) is 36.0. The Kier molecular flexibility index (Phi) is 6.23. The Labute approximate surface area is 147 Å². The van der Waals surface area contributed by atoms with E-state index in [1.807, 2.05) is 0 Å². The van der Waals surface area contributed by atoms with Crippen LogP contribution in [-0.2, 0) is 9.59 Å². The molecule has 0 atom stereocenters. The molecule has 1 aliphatic heterocycles. The first kappa shape index (κ1) is 17.8. The van der Waals surface area contributed by atoms with Crippen LogP contribution in [0.2, 0.25) is 5.02 Å². The molecule has 2 N–H and O–H groups in total. The molecule has 24 heavy (non-hydrogen) atoms. The van der Waals surface area contributed by atoms with Crippen molar-refractivity contribution in [2.75, 3.05) is 24.2 Å². The first-order valence-electron chi connectivity index (χ1n) is 6.89. The van der Waals surface area contributed by atoms with Gasteiger partial charge in [0, 0.05) is 30.0 Å². The van der Waals surface area contributed by atoms with Crippen LogP contribution in [0.1, 0.15) is 0 Å². The molecule has 3 amide bonds. The SMILES string of the molecule is N#C/C(=C/NCCN1C(=O)CSC1=O)C(=O)Nc1cccc(Cl)c1. The Morgan fingerprint density at radius 2 is 2.25 bits per heavy atom. The zero-order chi connectivity index (χ0) is 17.5. The second-order valence-corrected chi connectivity index (χ2v) is 6.05. The van der Waals surface area contributed by atoms with Gasteiger partial charge in [0.05, 0.1) is 5.75 Å². The summed E-state index contributed by atoms with van der Waals surface area (Å²) in [6.45, 7) is 0.420. The lowest BCUT2D eigenvalue weighted by Gasteiger charge is -2.12. The third-order valence-corrected chi connectivity index (χ3v) is 4.11. The van der Waals surface area contributed by atoms with Crippen LogP contribution in [0.4, 0.5) is 10.5 Å². The Bertz CT molecular complexity index is 728. The summed E-state index contributed by atoms with van der Waals surface area (Å²) in [7, 11) is 0. The van der Waals surface area contributed by atoms with Gasteiger partial charge in [-0.05, 0) is 18.2 Å². The molecule has 0 saturated carbocycles. The number of hydrogen-bond acceptors (Lipinski definition) is 6. The molecule has 1 saturated heterocycles. The van der Waals surface area contributed by atoms with Gasteiger partial charge in [0.2, 0.25) is 5.91 Å². The molecule has 0 aromatic heterocycles. The van der Waals surface area contributed by atoms with Gasteiger partial charge in [-0.25, -0.2) is 0 Å². The molecule has 0 bridgehead atoms. The summed E-state index contributed by atoms with van der Waals surface area (Å²) in [6.07, 6.45) is 1.25. The van der Waals surface area contributed by atoms with Crippen molar-refractivity contribution in [3.8, 4) is 6.07 Å². The fourth-order valence-electron chi connectivity index (χ4n) is 1.86. The van der Waals surface area contributed by atoms with Crippen molar-refractivity contribution in [1.82, 2.24) is 10.2 Å². The molecule has 124 valence electrons. The normalized spacial score (nSPS) is 14.5. The highest BCUT2D eigenvalue weighted by Crippen LogP contribution is 2.18. The van der Waals surface area contributed by atoms with Gasteiger partial charge >= 0.3 is 0 Å². The van der Waals surface area contributed by atoms with Gasteiger partial charge in [-0.2, -0.15) is 5.26 Å². The van der Waals surface area contributed by atoms with Crippen molar-refractivity contribution in [1.29, 1.82) is 5.26 Å². The van der Waals surface area contributed by atoms with E-state index in [-0.39, 0.29) is 35.6 Å². The Balaban J connectivity index is 1.87. The number of nitrogens with one attached hydrogen (secondary N) is 2. The molecule has 1 aliphatic rings. The Morgan fingerprint density at radius 1 is 1.46 bits per heavy atom. The molecule has 1 aromatic rings. The van der Waals surface area contributed by atoms with Gasteiger partial charge in [-0.1, -0.05) is 29.4 Å². The zero-order valence-electron chi connectivity index (χ0n) is 12.4. The van der Waals surface area contributed by atoms with E-state index in [4.69, 9.17) is 16.9 Å². The van der Waals surface area contributed by atoms with Gasteiger partial charge < -0.3 is 10.6 Å². The molecule has 0 spiro atoms. The van der Waals surface area contributed by atoms with E-state index < -0.39 is 5.91 Å². The molecule has 7 nitrogen and oxygen atoms in total. The predicted molar refractivity (Wildman–Crippen MR) is 91.3 cm³/mol. The number of anilines is 1. The second kappa shape index (κ2) is 8.38. The topological polar surface area (TPSA) is 102 Å². The number of imide groups is 1. The molecule has 9 heteroatoms. The van der Waals surface area contributed by atoms with E-state index >= 15 is 0 Å². The summed E-state index contributed by atoms with van der Waals surface area (Å²) >= 11 is 6.78. The molecule has 0 unspecified atom stereocenters. The van der Waals surface area contributed by atoms with Crippen molar-refractivity contribution in [2.45, 2.75) is 0 Å². The number of thioether (sulfide) groups is 1. The average Bonchev–Trinajstić information content (AvgIpc) is 2.86. The highest BCUT2D eigenvalue weighted by atomic mass is 35.5. The molecule has 1 fully saturated rings. The smallest absolute Gasteiger partial charge is 0.288 e. The zero-order valence-corrected chi connectivity index (χ0v) is 14.0. The van der Waals surface area contributed by atoms with E-state index in [9.17, 15) is 14.4 Å². The number of rotatable bonds is 6. The van der Waals surface area contributed by atoms with Crippen LogP contribution in [0.3, 0.4) is 0 Å². The van der Waals surface area contributed by atoms with E-state index in [2.05, 4.69) is 10.6 Å². The quantitative estimate of drug-likeness (QED) is 0.454. The minimum atomic E-state index is -0.587. The minimum Gasteiger partial charge on any atom is -0.388 e. The molecular formula is C15H13ClN4O3S. The number of hydrogen-bond donors (Lipinski definition) is 2. The highest BCUT2D eigenvalue weighted by Gasteiger charge is 2.28. The van der Waals surface area contributed by atoms with E-state index in [0.717, 1.165) is 16.7 Å². The van der Waals surface area contributed by atoms with Gasteiger partial charge in [-0.15, -0.1) is 0 Å². The molecule has 1 aromatic carbocycles. The maximum atomic E-state index is 12.0. The summed E-state index contributed by atoms with van der Waals surface area (Å²) in [5, 5.41) is 14.5. The Morgan fingerprint density at radius 3 is 2.88 bits per heavy atom. The standard InChI is InChI=1S/C15H13ClN4O3S/c16-11-2-1-3-12(6-11)19-14(22)10(7-17)8-18-4-5-20-13(21)9-24-15(20)23/h1-3,6,8,18H,4-5,9H2,(H,19,22)/b10-8-. The van der Waals surface area contributed by atoms with Gasteiger partial charge in [0.1, 0.15) is 11.6 Å². The number of nitrogens with zero attached hydrogens (tertiary/aromatic N) is 2. The fourth-order valence-corrected chi connectivity index (χ4v) is 2.80. The number of amides is 3. The van der Waals surface area contributed by atoms with Crippen molar-refractivity contribution in [3.63, 3.8) is 0 Å². The predicted octanol–water partition coefficient (Wildman–Crippen LogP) is 1.97. The largest absolute Gasteiger partial charge is 0.388 e. The first-order valence-corrected chi connectivity index (χ1v) is 8.25. The van der Waals surface area contributed by atoms with Crippen LogP contribution in [0.5, 0.6) is 0 Å². The summed E-state index contributed by atoms with van der Waals surface area (Å²) in [5.74, 6) is -0.675. The van der Waals surface area contributed by atoms with E-state index in [0.29, 0.717) is 10.7 Å². The monoisotopic (exact) mass is 364 g/mol. The van der Waals surface area contributed by atoms with Crippen LogP contribution in [-0.4, -0.2) is 40.8 Å². The Hall–Kier alpha value is -2.50. The summed E-state index contributed by atoms with van der Waals surface area (Å²) in [5.41, 5.74) is 0.336. The van der Waals surface area contributed by atoms with Crippen molar-refractivity contribution < 1.29 is 14.4 Å². The van der Waals surface area contributed by atoms with Crippen LogP contribution >= 0.6 is 23.4 Å². The van der Waals surface area contributed by atoms with Gasteiger partial charge in [0.15, 0.2) is 0 Å². The molecule has 2 rings (SSSR count). The molecule has 0 radical (unpaired) electrons. The minimum absolute atomic E-state index is 0.136. The maximum absolute atomic E-state index is 12.0. The maximum Gasteiger partial charge on any atom is 0.288 e.